The largest absolute Gasteiger partial charge is 0.497 e. The molecule has 0 spiro atoms. The van der Waals surface area contributed by atoms with Crippen molar-refractivity contribution >= 4 is 32.3 Å². The zero-order valence-electron chi connectivity index (χ0n) is 27.3. The third-order valence-corrected chi connectivity index (χ3v) is 10.6. The summed E-state index contributed by atoms with van der Waals surface area (Å²) >= 11 is 0. The van der Waals surface area contributed by atoms with E-state index in [0.717, 1.165) is 39.1 Å². The van der Waals surface area contributed by atoms with Crippen molar-refractivity contribution in [2.45, 2.75) is 29.5 Å². The zero-order chi connectivity index (χ0) is 33.2. The number of aliphatic hydroxyl groups is 1. The molecule has 0 unspecified atom stereocenters. The van der Waals surface area contributed by atoms with Crippen molar-refractivity contribution in [1.29, 1.82) is 0 Å². The molecule has 2 saturated heterocycles. The highest BCUT2D eigenvalue weighted by Crippen LogP contribution is 2.51. The fraction of sp³-hybridized carbons (Fsp3) is 0.209. The molecule has 7 aromatic carbocycles. The van der Waals surface area contributed by atoms with Gasteiger partial charge < -0.3 is 28.8 Å². The molecule has 49 heavy (non-hydrogen) atoms. The molecule has 2 fully saturated rings. The Morgan fingerprint density at radius 2 is 1.22 bits per heavy atom. The first-order chi connectivity index (χ1) is 24.0. The van der Waals surface area contributed by atoms with E-state index in [2.05, 4.69) is 66.7 Å². The van der Waals surface area contributed by atoms with Gasteiger partial charge in [0.15, 0.2) is 0 Å². The number of hydrogen-bond acceptors (Lipinski definition) is 6. The minimum atomic E-state index is -1.09. The first-order valence-corrected chi connectivity index (χ1v) is 16.7. The van der Waals surface area contributed by atoms with Crippen LogP contribution in [0.25, 0.3) is 32.3 Å². The van der Waals surface area contributed by atoms with E-state index in [4.69, 9.17) is 23.7 Å². The minimum Gasteiger partial charge on any atom is -0.497 e. The molecule has 0 aromatic heterocycles. The lowest BCUT2D eigenvalue weighted by Crippen LogP contribution is -2.48. The van der Waals surface area contributed by atoms with E-state index in [9.17, 15) is 5.11 Å². The molecule has 6 heteroatoms. The Morgan fingerprint density at radius 1 is 0.653 bits per heavy atom. The van der Waals surface area contributed by atoms with E-state index in [0.29, 0.717) is 0 Å². The van der Waals surface area contributed by atoms with Crippen molar-refractivity contribution in [3.8, 4) is 11.5 Å². The summed E-state index contributed by atoms with van der Waals surface area (Å²) in [5.41, 5.74) is 1.63. The van der Waals surface area contributed by atoms with Gasteiger partial charge in [-0.3, -0.25) is 0 Å². The predicted octanol–water partition coefficient (Wildman–Crippen LogP) is 8.18. The third kappa shape index (κ3) is 4.56. The van der Waals surface area contributed by atoms with Gasteiger partial charge in [0.25, 0.3) is 0 Å². The van der Waals surface area contributed by atoms with Gasteiger partial charge in [0.1, 0.15) is 41.0 Å². The van der Waals surface area contributed by atoms with Crippen LogP contribution in [0.4, 0.5) is 0 Å². The standard InChI is InChI=1S/C43H36O6/c1-45-33-19-15-31(16-20-33)43(30-9-4-3-5-10-30,32-17-21-34(46-2)22-18-32)48-26-42-25-47-40(41(42)44)39(49-42)36-24-14-29-12-11-27-7-6-8-28-13-23-35(36)38(29)37(27)28/h3-24,39-41,44H,25-26H2,1-2H3/t39-,40-,41-,42+/m0/s1. The maximum absolute atomic E-state index is 11.9. The average molecular weight is 649 g/mol. The Kier molecular flexibility index (Phi) is 7.11. The van der Waals surface area contributed by atoms with Crippen LogP contribution in [0.1, 0.15) is 28.4 Å². The fourth-order valence-electron chi connectivity index (χ4n) is 8.10. The molecule has 2 aliphatic rings. The molecule has 244 valence electrons. The Balaban J connectivity index is 1.13. The number of fused-ring (bicyclic) bond motifs is 2. The molecule has 9 rings (SSSR count). The van der Waals surface area contributed by atoms with Crippen LogP contribution in [-0.2, 0) is 19.8 Å². The molecule has 6 nitrogen and oxygen atoms in total. The molecular weight excluding hydrogens is 612 g/mol. The van der Waals surface area contributed by atoms with Crippen molar-refractivity contribution in [3.63, 3.8) is 0 Å². The molecule has 0 aliphatic carbocycles. The number of rotatable bonds is 9. The molecular formula is C43H36O6. The van der Waals surface area contributed by atoms with Crippen molar-refractivity contribution in [1.82, 2.24) is 0 Å². The van der Waals surface area contributed by atoms with Crippen LogP contribution in [0, 0.1) is 0 Å². The average Bonchev–Trinajstić information content (AvgIpc) is 3.63. The van der Waals surface area contributed by atoms with Gasteiger partial charge in [0.2, 0.25) is 0 Å². The smallest absolute Gasteiger partial charge is 0.144 e. The molecule has 0 radical (unpaired) electrons. The second-order valence-corrected chi connectivity index (χ2v) is 13.1. The number of aliphatic hydroxyl groups excluding tert-OH is 1. The lowest BCUT2D eigenvalue weighted by atomic mass is 9.79. The summed E-state index contributed by atoms with van der Waals surface area (Å²) in [6.07, 6.45) is -1.89. The summed E-state index contributed by atoms with van der Waals surface area (Å²) in [5, 5.41) is 19.1. The summed E-state index contributed by atoms with van der Waals surface area (Å²) in [6, 6.07) is 45.5. The van der Waals surface area contributed by atoms with Gasteiger partial charge in [0.05, 0.1) is 27.4 Å². The van der Waals surface area contributed by atoms with Crippen LogP contribution < -0.4 is 9.47 Å². The lowest BCUT2D eigenvalue weighted by molar-refractivity contribution is -0.184. The van der Waals surface area contributed by atoms with Crippen molar-refractivity contribution < 1.29 is 28.8 Å². The highest BCUT2D eigenvalue weighted by atomic mass is 16.7. The summed E-state index contributed by atoms with van der Waals surface area (Å²) in [7, 11) is 3.32. The van der Waals surface area contributed by atoms with E-state index in [1.54, 1.807) is 14.2 Å². The first-order valence-electron chi connectivity index (χ1n) is 16.7. The minimum absolute atomic E-state index is 0.0833. The van der Waals surface area contributed by atoms with Crippen molar-refractivity contribution in [2.24, 2.45) is 0 Å². The fourth-order valence-corrected chi connectivity index (χ4v) is 8.10. The Labute approximate surface area is 284 Å². The molecule has 1 N–H and O–H groups in total. The summed E-state index contributed by atoms with van der Waals surface area (Å²) < 4.78 is 31.6. The monoisotopic (exact) mass is 648 g/mol. The number of hydrogen-bond donors (Lipinski definition) is 1. The quantitative estimate of drug-likeness (QED) is 0.126. The molecule has 4 atom stereocenters. The Hall–Kier alpha value is -4.98. The van der Waals surface area contributed by atoms with Gasteiger partial charge in [0, 0.05) is 0 Å². The SMILES string of the molecule is COc1ccc(C(OC[C@@]23CO[C@@H]([C@H](c4ccc5ccc6cccc7ccc4c5c67)O2)[C@@H]3O)(c2ccccc2)c2ccc(OC)cc2)cc1. The van der Waals surface area contributed by atoms with E-state index in [-0.39, 0.29) is 13.2 Å². The van der Waals surface area contributed by atoms with Crippen LogP contribution in [0.5, 0.6) is 11.5 Å². The van der Waals surface area contributed by atoms with Crippen LogP contribution in [-0.4, -0.2) is 50.3 Å². The second kappa shape index (κ2) is 11.6. The highest BCUT2D eigenvalue weighted by Gasteiger charge is 2.62. The predicted molar refractivity (Wildman–Crippen MR) is 191 cm³/mol. The molecule has 2 aliphatic heterocycles. The van der Waals surface area contributed by atoms with Gasteiger partial charge in [-0.05, 0) is 78.8 Å². The van der Waals surface area contributed by atoms with Gasteiger partial charge >= 0.3 is 0 Å². The Morgan fingerprint density at radius 3 is 1.86 bits per heavy atom. The summed E-state index contributed by atoms with van der Waals surface area (Å²) in [6.45, 7) is 0.303. The highest BCUT2D eigenvalue weighted by molar-refractivity contribution is 6.23. The van der Waals surface area contributed by atoms with Crippen molar-refractivity contribution in [3.05, 3.63) is 156 Å². The van der Waals surface area contributed by atoms with Crippen LogP contribution >= 0.6 is 0 Å². The van der Waals surface area contributed by atoms with Crippen LogP contribution in [0.15, 0.2) is 133 Å². The third-order valence-electron chi connectivity index (χ3n) is 10.6. The number of methoxy groups -OCH3 is 2. The van der Waals surface area contributed by atoms with Gasteiger partial charge in [-0.15, -0.1) is 0 Å². The van der Waals surface area contributed by atoms with E-state index < -0.39 is 29.5 Å². The summed E-state index contributed by atoms with van der Waals surface area (Å²) in [5.74, 6) is 1.49. The van der Waals surface area contributed by atoms with E-state index in [1.807, 2.05) is 66.7 Å². The number of benzene rings is 7. The first kappa shape index (κ1) is 30.1. The normalized spacial score (nSPS) is 22.0. The van der Waals surface area contributed by atoms with Crippen molar-refractivity contribution in [2.75, 3.05) is 27.4 Å². The van der Waals surface area contributed by atoms with Crippen LogP contribution in [0.2, 0.25) is 0 Å². The maximum Gasteiger partial charge on any atom is 0.144 e. The van der Waals surface area contributed by atoms with Gasteiger partial charge in [-0.25, -0.2) is 0 Å². The molecule has 2 bridgehead atoms. The van der Waals surface area contributed by atoms with Gasteiger partial charge in [-0.1, -0.05) is 109 Å². The topological polar surface area (TPSA) is 66.4 Å². The number of ether oxygens (including phenoxy) is 5. The Bertz CT molecular complexity index is 2200. The molecule has 0 amide bonds. The molecule has 0 saturated carbocycles. The van der Waals surface area contributed by atoms with E-state index >= 15 is 0 Å². The molecule has 7 aromatic rings. The summed E-state index contributed by atoms with van der Waals surface area (Å²) in [4.78, 5) is 0. The zero-order valence-corrected chi connectivity index (χ0v) is 27.3. The molecule has 2 heterocycles. The van der Waals surface area contributed by atoms with E-state index in [1.165, 1.54) is 26.9 Å². The van der Waals surface area contributed by atoms with Gasteiger partial charge in [-0.2, -0.15) is 0 Å². The lowest BCUT2D eigenvalue weighted by Gasteiger charge is -2.40. The maximum atomic E-state index is 11.9. The second-order valence-electron chi connectivity index (χ2n) is 13.1. The van der Waals surface area contributed by atoms with Crippen LogP contribution in [0.3, 0.4) is 0 Å².